The molecule has 0 aliphatic carbocycles. The van der Waals surface area contributed by atoms with Crippen molar-refractivity contribution in [2.24, 2.45) is 0 Å². The number of hydrogen-bond acceptors (Lipinski definition) is 5. The van der Waals surface area contributed by atoms with E-state index in [0.717, 1.165) is 0 Å². The Morgan fingerprint density at radius 1 is 0.300 bits per heavy atom. The van der Waals surface area contributed by atoms with Gasteiger partial charge in [0.2, 0.25) is 0 Å². The van der Waals surface area contributed by atoms with Crippen LogP contribution >= 0.6 is 0 Å². The Labute approximate surface area is 478 Å². The summed E-state index contributed by atoms with van der Waals surface area (Å²) in [6.07, 6.45) is 0. The second kappa shape index (κ2) is 36.3. The number of rotatable bonds is 6. The number of nitrogens with zero attached hydrogens (tertiary/aromatic N) is 1. The third-order valence-electron chi connectivity index (χ3n) is 16.5. The van der Waals surface area contributed by atoms with Crippen LogP contribution in [-0.2, 0) is 58.4 Å². The zero-order chi connectivity index (χ0) is 51.5. The first-order valence-electron chi connectivity index (χ1n) is 23.1. The zero-order valence-electron chi connectivity index (χ0n) is 52.9. The fourth-order valence-corrected chi connectivity index (χ4v) is 5.95. The first-order valence-corrected chi connectivity index (χ1v) is 23.1. The molecule has 0 heterocycles. The molecule has 0 aliphatic heterocycles. The summed E-state index contributed by atoms with van der Waals surface area (Å²) in [5.74, 6) is 0. The van der Waals surface area contributed by atoms with Gasteiger partial charge in [-0.1, -0.05) is 13.8 Å². The molecule has 6 nitrogen and oxygen atoms in total. The molecule has 0 saturated carbocycles. The number of aliphatic hydroxyl groups is 3. The minimum atomic E-state index is -0.720. The maximum absolute atomic E-state index is 9.48. The van der Waals surface area contributed by atoms with Crippen LogP contribution in [0.15, 0.2) is 0 Å². The van der Waals surface area contributed by atoms with E-state index in [4.69, 9.17) is 0 Å². The maximum atomic E-state index is 9.48. The third-order valence-corrected chi connectivity index (χ3v) is 16.5. The van der Waals surface area contributed by atoms with Gasteiger partial charge in [-0.3, -0.25) is 0 Å². The van der Waals surface area contributed by atoms with Gasteiger partial charge in [-0.05, 0) is 308 Å². The van der Waals surface area contributed by atoms with E-state index in [0.29, 0.717) is 0 Å². The first-order chi connectivity index (χ1) is 27.8. The molecular weight excluding hydrogens is 1130 g/mol. The van der Waals surface area contributed by atoms with Gasteiger partial charge in [0.1, 0.15) is 0 Å². The summed E-state index contributed by atoms with van der Waals surface area (Å²) < 4.78 is 0. The molecule has 0 aliphatic rings. The van der Waals surface area contributed by atoms with Crippen molar-refractivity contribution in [3.05, 3.63) is 135 Å². The van der Waals surface area contributed by atoms with E-state index in [9.17, 15) is 15.3 Å². The van der Waals surface area contributed by atoms with Crippen LogP contribution in [0, 0.1) is 154 Å². The van der Waals surface area contributed by atoms with E-state index in [1.165, 1.54) is 100 Å². The molecule has 0 atom stereocenters. The monoisotopic (exact) mass is 1250 g/mol. The van der Waals surface area contributed by atoms with E-state index in [1.807, 2.05) is 55.6 Å². The molecule has 0 fully saturated rings. The van der Waals surface area contributed by atoms with Crippen LogP contribution < -0.4 is 10.6 Å². The normalized spacial score (nSPS) is 10.8. The molecule has 0 saturated heterocycles. The molecule has 0 amide bonds. The van der Waals surface area contributed by atoms with Crippen molar-refractivity contribution in [1.82, 2.24) is 10.6 Å². The van der Waals surface area contributed by atoms with Crippen LogP contribution in [0.1, 0.15) is 183 Å². The van der Waals surface area contributed by atoms with Gasteiger partial charge in [0, 0.05) is 16.7 Å². The fraction of sp³-hybridized carbons (Fsp3) is 0.639. The summed E-state index contributed by atoms with van der Waals surface area (Å²) in [6, 6.07) is 0. The molecule has 0 unspecified atom stereocenters. The summed E-state index contributed by atoms with van der Waals surface area (Å²) >= 11 is 0. The molecule has 3 rings (SSSR count). The summed E-state index contributed by atoms with van der Waals surface area (Å²) in [5.41, 5.74) is 23.4. The number of likely N-dealkylation sites (N-methyl/N-ethyl adjacent to an activating group) is 3. The zero-order valence-corrected chi connectivity index (χ0v) is 58.2. The Hall–Kier alpha value is -0.710. The van der Waals surface area contributed by atoms with Gasteiger partial charge in [0.25, 0.3) is 0 Å². The van der Waals surface area contributed by atoms with E-state index in [-0.39, 0.29) is 105 Å². The van der Waals surface area contributed by atoms with Crippen LogP contribution in [0.2, 0.25) is 0 Å². The summed E-state index contributed by atoms with van der Waals surface area (Å²) in [5, 5.41) is 38.5. The van der Waals surface area contributed by atoms with E-state index >= 15 is 0 Å². The van der Waals surface area contributed by atoms with Crippen molar-refractivity contribution in [3.8, 4) is 0 Å². The molecule has 5 N–H and O–H groups in total. The summed E-state index contributed by atoms with van der Waals surface area (Å²) in [4.78, 5) is 0. The van der Waals surface area contributed by atoms with Gasteiger partial charge >= 0.3 is 58.4 Å². The van der Waals surface area contributed by atoms with E-state index < -0.39 is 16.8 Å². The van der Waals surface area contributed by atoms with E-state index in [2.05, 4.69) is 141 Å². The predicted molar refractivity (Wildman–Crippen MR) is 310 cm³/mol. The van der Waals surface area contributed by atoms with Crippen molar-refractivity contribution in [3.63, 3.8) is 0 Å². The second-order valence-corrected chi connectivity index (χ2v) is 21.5. The molecule has 416 valence electrons. The Bertz CT molecular complexity index is 1410. The number of hydrogen-bond donors (Lipinski definition) is 5. The topological polar surface area (TPSA) is 98.9 Å². The number of nitrogens with one attached hydrogen (secondary N) is 2. The van der Waals surface area contributed by atoms with Gasteiger partial charge in [0.15, 0.2) is 0 Å². The van der Waals surface area contributed by atoms with Crippen molar-refractivity contribution >= 4 is 0 Å². The van der Waals surface area contributed by atoms with Gasteiger partial charge in [0.05, 0.1) is 11.2 Å². The van der Waals surface area contributed by atoms with Crippen LogP contribution in [0.4, 0.5) is 0 Å². The average Bonchev–Trinajstić information content (AvgIpc) is 3.19. The van der Waals surface area contributed by atoms with Crippen LogP contribution in [-0.4, -0.2) is 69.9 Å². The molecule has 9 heteroatoms. The van der Waals surface area contributed by atoms with Crippen molar-refractivity contribution in [2.45, 2.75) is 241 Å². The molecule has 0 bridgehead atoms. The molecule has 3 aromatic rings. The van der Waals surface area contributed by atoms with Crippen LogP contribution in [0.25, 0.3) is 5.32 Å². The first kappa shape index (κ1) is 91.9. The average molecular weight is 1240 g/mol. The Morgan fingerprint density at radius 2 is 0.400 bits per heavy atom. The molecule has 0 spiro atoms. The van der Waals surface area contributed by atoms with Crippen LogP contribution in [0.3, 0.4) is 0 Å². The molecule has 70 heavy (non-hydrogen) atoms. The molecule has 3 aromatic carbocycles. The molecule has 0 aromatic heterocycles. The molecular formula is C61H117N3O3Ru3+2. The van der Waals surface area contributed by atoms with Crippen molar-refractivity contribution in [2.75, 3.05) is 21.1 Å². The standard InChI is InChI=1S/3C12H18.2C7H17NO.C7H16NO.4CH3.3Ru.H/c3*1-7-8(2)10(4)12(6)11(5)9(7)3;3*1-6(2,8-5)7(3,4)9;;;;;;;;/h3*1-6H3;2*8-9H,1-5H3;9H,1-5H3;4*1H3;;;;/q;;;;;5*-1;2*+2;+3;. The summed E-state index contributed by atoms with van der Waals surface area (Å²) in [7, 11) is 5.41. The van der Waals surface area contributed by atoms with Crippen molar-refractivity contribution < 1.29 is 73.8 Å². The quantitative estimate of drug-likeness (QED) is 0.125. The minimum absolute atomic E-state index is 0. The van der Waals surface area contributed by atoms with Gasteiger partial charge in [-0.15, -0.1) is 5.54 Å². The van der Waals surface area contributed by atoms with Gasteiger partial charge in [-0.25, -0.2) is 0 Å². The predicted octanol–water partition coefficient (Wildman–Crippen LogP) is 15.2. The Kier molecular flexibility index (Phi) is 47.7. The SMILES string of the molecule is CNC(C)(C)C(C)(C)O.CNC(C)(C)C(C)(C)O.C[N-]C(C)(C)C(C)(C)O.Cc1c(C)c(C)c(C)c(C)c1C.Cc1c(C)c(C)c(C)c(C)c1C.Cc1c(C)c(C)c(C)c(C)c1C.[CH3-].[CH3-].[CH3-].[CH3-].[Ru+2].[Ru+3].[RuH+2]. The van der Waals surface area contributed by atoms with Crippen LogP contribution in [0.5, 0.6) is 0 Å². The molecule has 1 radical (unpaired) electrons. The van der Waals surface area contributed by atoms with Gasteiger partial charge in [-0.2, -0.15) is 7.05 Å². The third kappa shape index (κ3) is 25.7. The Morgan fingerprint density at radius 3 is 0.414 bits per heavy atom. The van der Waals surface area contributed by atoms with Gasteiger partial charge < -0.3 is 61.0 Å². The second-order valence-electron chi connectivity index (χ2n) is 21.5. The van der Waals surface area contributed by atoms with E-state index in [1.54, 1.807) is 48.6 Å². The van der Waals surface area contributed by atoms with Crippen molar-refractivity contribution in [1.29, 1.82) is 0 Å². The fourth-order valence-electron chi connectivity index (χ4n) is 5.95. The Balaban J connectivity index is -0.0000000761. The summed E-state index contributed by atoms with van der Waals surface area (Å²) in [6.45, 7) is 62.2. The number of benzene rings is 3.